The van der Waals surface area contributed by atoms with Crippen molar-refractivity contribution >= 4 is 33.2 Å². The lowest BCUT2D eigenvalue weighted by Gasteiger charge is -2.37. The SMILES string of the molecule is O=C([C@@H](Cc1ccccc1)NS(=O)(=O)c1ccc(Cl)cc1)N1CCN(c2ccccc2)CC1. The highest BCUT2D eigenvalue weighted by molar-refractivity contribution is 7.89. The molecule has 1 amide bonds. The van der Waals surface area contributed by atoms with Gasteiger partial charge in [-0.25, -0.2) is 8.42 Å². The van der Waals surface area contributed by atoms with Gasteiger partial charge in [-0.05, 0) is 48.4 Å². The van der Waals surface area contributed by atoms with Crippen LogP contribution in [0.1, 0.15) is 5.56 Å². The van der Waals surface area contributed by atoms with Crippen LogP contribution in [0.4, 0.5) is 5.69 Å². The number of carbonyl (C=O) groups excluding carboxylic acids is 1. The molecule has 1 atom stereocenters. The Balaban J connectivity index is 1.50. The van der Waals surface area contributed by atoms with Gasteiger partial charge in [-0.1, -0.05) is 60.1 Å². The number of sulfonamides is 1. The van der Waals surface area contributed by atoms with Gasteiger partial charge in [-0.15, -0.1) is 0 Å². The minimum absolute atomic E-state index is 0.0756. The van der Waals surface area contributed by atoms with Gasteiger partial charge in [0.15, 0.2) is 0 Å². The monoisotopic (exact) mass is 483 g/mol. The molecule has 1 saturated heterocycles. The lowest BCUT2D eigenvalue weighted by Crippen LogP contribution is -2.55. The number of halogens is 1. The number of piperazine rings is 1. The van der Waals surface area contributed by atoms with E-state index in [0.717, 1.165) is 11.3 Å². The lowest BCUT2D eigenvalue weighted by molar-refractivity contribution is -0.133. The highest BCUT2D eigenvalue weighted by Crippen LogP contribution is 2.18. The van der Waals surface area contributed by atoms with E-state index in [4.69, 9.17) is 11.6 Å². The Morgan fingerprint density at radius 2 is 1.42 bits per heavy atom. The molecule has 0 radical (unpaired) electrons. The van der Waals surface area contributed by atoms with Crippen LogP contribution in [0.2, 0.25) is 5.02 Å². The predicted molar refractivity (Wildman–Crippen MR) is 131 cm³/mol. The second-order valence-electron chi connectivity index (χ2n) is 7.97. The summed E-state index contributed by atoms with van der Waals surface area (Å²) in [7, 11) is -3.90. The van der Waals surface area contributed by atoms with Crippen molar-refractivity contribution in [3.8, 4) is 0 Å². The van der Waals surface area contributed by atoms with E-state index in [1.165, 1.54) is 24.3 Å². The molecule has 1 aliphatic heterocycles. The van der Waals surface area contributed by atoms with Crippen molar-refractivity contribution in [1.29, 1.82) is 0 Å². The molecule has 1 N–H and O–H groups in total. The molecule has 1 aliphatic rings. The molecule has 0 bridgehead atoms. The predicted octanol–water partition coefficient (Wildman–Crippen LogP) is 3.58. The number of amides is 1. The molecule has 3 aromatic rings. The maximum atomic E-state index is 13.5. The third-order valence-electron chi connectivity index (χ3n) is 5.71. The standard InChI is InChI=1S/C25H26ClN3O3S/c26-21-11-13-23(14-12-21)33(31,32)27-24(19-20-7-3-1-4-8-20)25(30)29-17-15-28(16-18-29)22-9-5-2-6-10-22/h1-14,24,27H,15-19H2/t24-/m1/s1. The van der Waals surface area contributed by atoms with Gasteiger partial charge in [0.1, 0.15) is 6.04 Å². The zero-order valence-electron chi connectivity index (χ0n) is 18.1. The molecule has 0 spiro atoms. The van der Waals surface area contributed by atoms with E-state index in [1.807, 2.05) is 48.5 Å². The summed E-state index contributed by atoms with van der Waals surface area (Å²) < 4.78 is 28.7. The van der Waals surface area contributed by atoms with Crippen LogP contribution in [0.25, 0.3) is 0 Å². The van der Waals surface area contributed by atoms with Crippen LogP contribution in [-0.4, -0.2) is 51.4 Å². The highest BCUT2D eigenvalue weighted by Gasteiger charge is 2.31. The van der Waals surface area contributed by atoms with Crippen LogP contribution in [0.5, 0.6) is 0 Å². The van der Waals surface area contributed by atoms with E-state index in [1.54, 1.807) is 4.90 Å². The van der Waals surface area contributed by atoms with Crippen LogP contribution < -0.4 is 9.62 Å². The Labute approximate surface area is 199 Å². The van der Waals surface area contributed by atoms with E-state index in [-0.39, 0.29) is 17.2 Å². The molecule has 8 heteroatoms. The molecule has 1 heterocycles. The number of carbonyl (C=O) groups is 1. The summed E-state index contributed by atoms with van der Waals surface area (Å²) in [6.45, 7) is 2.44. The molecule has 0 unspecified atom stereocenters. The Bertz CT molecular complexity index is 1160. The molecule has 0 saturated carbocycles. The van der Waals surface area contributed by atoms with Crippen molar-refractivity contribution in [1.82, 2.24) is 9.62 Å². The van der Waals surface area contributed by atoms with Crippen molar-refractivity contribution in [3.05, 3.63) is 95.5 Å². The van der Waals surface area contributed by atoms with Gasteiger partial charge >= 0.3 is 0 Å². The van der Waals surface area contributed by atoms with Gasteiger partial charge in [0, 0.05) is 36.9 Å². The van der Waals surface area contributed by atoms with Crippen molar-refractivity contribution in [2.45, 2.75) is 17.4 Å². The fourth-order valence-corrected chi connectivity index (χ4v) is 5.26. The first-order valence-corrected chi connectivity index (χ1v) is 12.7. The van der Waals surface area contributed by atoms with Gasteiger partial charge in [-0.3, -0.25) is 4.79 Å². The number of hydrogen-bond acceptors (Lipinski definition) is 4. The summed E-state index contributed by atoms with van der Waals surface area (Å²) in [4.78, 5) is 17.5. The molecule has 0 aliphatic carbocycles. The van der Waals surface area contributed by atoms with Crippen molar-refractivity contribution < 1.29 is 13.2 Å². The third-order valence-corrected chi connectivity index (χ3v) is 7.45. The lowest BCUT2D eigenvalue weighted by atomic mass is 10.1. The first-order chi connectivity index (χ1) is 15.9. The number of nitrogens with one attached hydrogen (secondary N) is 1. The van der Waals surface area contributed by atoms with Crippen LogP contribution >= 0.6 is 11.6 Å². The van der Waals surface area contributed by atoms with Gasteiger partial charge in [-0.2, -0.15) is 4.72 Å². The van der Waals surface area contributed by atoms with Crippen LogP contribution in [-0.2, 0) is 21.2 Å². The number of nitrogens with zero attached hydrogens (tertiary/aromatic N) is 2. The number of anilines is 1. The van der Waals surface area contributed by atoms with Gasteiger partial charge in [0.25, 0.3) is 0 Å². The first-order valence-electron chi connectivity index (χ1n) is 10.8. The fourth-order valence-electron chi connectivity index (χ4n) is 3.94. The van der Waals surface area contributed by atoms with Crippen LogP contribution in [0, 0.1) is 0 Å². The molecule has 4 rings (SSSR count). The summed E-state index contributed by atoms with van der Waals surface area (Å²) >= 11 is 5.90. The summed E-state index contributed by atoms with van der Waals surface area (Å²) in [6.07, 6.45) is 0.269. The molecule has 1 fully saturated rings. The molecule has 33 heavy (non-hydrogen) atoms. The van der Waals surface area contributed by atoms with Gasteiger partial charge in [0.2, 0.25) is 15.9 Å². The zero-order valence-corrected chi connectivity index (χ0v) is 19.7. The maximum absolute atomic E-state index is 13.5. The van der Waals surface area contributed by atoms with E-state index in [0.29, 0.717) is 31.2 Å². The molecular formula is C25H26ClN3O3S. The van der Waals surface area contributed by atoms with Gasteiger partial charge < -0.3 is 9.80 Å². The summed E-state index contributed by atoms with van der Waals surface area (Å²) in [5.74, 6) is -0.218. The Morgan fingerprint density at radius 1 is 0.848 bits per heavy atom. The minimum atomic E-state index is -3.90. The largest absolute Gasteiger partial charge is 0.368 e. The van der Waals surface area contributed by atoms with E-state index < -0.39 is 16.1 Å². The van der Waals surface area contributed by atoms with Crippen molar-refractivity contribution in [3.63, 3.8) is 0 Å². The zero-order chi connectivity index (χ0) is 23.3. The van der Waals surface area contributed by atoms with E-state index in [9.17, 15) is 13.2 Å². The molecule has 3 aromatic carbocycles. The van der Waals surface area contributed by atoms with E-state index in [2.05, 4.69) is 21.8 Å². The summed E-state index contributed by atoms with van der Waals surface area (Å²) in [5.41, 5.74) is 2.01. The van der Waals surface area contributed by atoms with Gasteiger partial charge in [0.05, 0.1) is 4.90 Å². The number of para-hydroxylation sites is 1. The Kier molecular flexibility index (Phi) is 7.33. The summed E-state index contributed by atoms with van der Waals surface area (Å²) in [6, 6.07) is 24.5. The third kappa shape index (κ3) is 5.93. The second-order valence-corrected chi connectivity index (χ2v) is 10.1. The number of hydrogen-bond donors (Lipinski definition) is 1. The van der Waals surface area contributed by atoms with Crippen LogP contribution in [0.3, 0.4) is 0 Å². The second kappa shape index (κ2) is 10.4. The van der Waals surface area contributed by atoms with Crippen LogP contribution in [0.15, 0.2) is 89.8 Å². The summed E-state index contributed by atoms with van der Waals surface area (Å²) in [5, 5.41) is 0.446. The first kappa shape index (κ1) is 23.3. The number of rotatable bonds is 7. The average molecular weight is 484 g/mol. The average Bonchev–Trinajstić information content (AvgIpc) is 2.85. The Hall–Kier alpha value is -2.87. The normalized spacial score (nSPS) is 15.3. The molecular weight excluding hydrogens is 458 g/mol. The maximum Gasteiger partial charge on any atom is 0.241 e. The fraction of sp³-hybridized carbons (Fsp3) is 0.240. The van der Waals surface area contributed by atoms with Crippen molar-refractivity contribution in [2.24, 2.45) is 0 Å². The quantitative estimate of drug-likeness (QED) is 0.557. The molecule has 172 valence electrons. The van der Waals surface area contributed by atoms with Crippen molar-refractivity contribution in [2.75, 3.05) is 31.1 Å². The smallest absolute Gasteiger partial charge is 0.241 e. The highest BCUT2D eigenvalue weighted by atomic mass is 35.5. The topological polar surface area (TPSA) is 69.7 Å². The number of benzene rings is 3. The molecule has 6 nitrogen and oxygen atoms in total. The Morgan fingerprint density at radius 3 is 2.03 bits per heavy atom. The minimum Gasteiger partial charge on any atom is -0.368 e. The van der Waals surface area contributed by atoms with E-state index >= 15 is 0 Å². The molecule has 0 aromatic heterocycles.